The highest BCUT2D eigenvalue weighted by Gasteiger charge is 2.26. The summed E-state index contributed by atoms with van der Waals surface area (Å²) in [6.45, 7) is 6.56. The number of hydrogen-bond acceptors (Lipinski definition) is 3. The summed E-state index contributed by atoms with van der Waals surface area (Å²) < 4.78 is 20.9. The number of likely N-dealkylation sites (tertiary alicyclic amines) is 1. The Kier molecular flexibility index (Phi) is 5.18. The first kappa shape index (κ1) is 20.7. The largest absolute Gasteiger partial charge is 0.456 e. The molecule has 0 N–H and O–H groups in total. The fourth-order valence-corrected chi connectivity index (χ4v) is 4.53. The molecule has 1 saturated heterocycles. The summed E-state index contributed by atoms with van der Waals surface area (Å²) in [7, 11) is 0. The van der Waals surface area contributed by atoms with E-state index in [2.05, 4.69) is 55.1 Å². The van der Waals surface area contributed by atoms with Crippen LogP contribution in [0.3, 0.4) is 0 Å². The molecule has 1 aromatic heterocycles. The molecule has 0 spiro atoms. The first-order valence-electron chi connectivity index (χ1n) is 11.0. The smallest absolute Gasteiger partial charge is 0.138 e. The predicted molar refractivity (Wildman–Crippen MR) is 125 cm³/mol. The molecule has 162 valence electrons. The van der Waals surface area contributed by atoms with Gasteiger partial charge in [0, 0.05) is 36.4 Å². The maximum atomic E-state index is 14.9. The lowest BCUT2D eigenvalue weighted by Crippen LogP contribution is -2.46. The van der Waals surface area contributed by atoms with Gasteiger partial charge in [0.1, 0.15) is 23.4 Å². The van der Waals surface area contributed by atoms with E-state index in [9.17, 15) is 9.18 Å². The molecule has 3 aromatic carbocycles. The van der Waals surface area contributed by atoms with Gasteiger partial charge in [-0.1, -0.05) is 56.3 Å². The number of furan rings is 1. The fraction of sp³-hybridized carbons (Fsp3) is 0.250. The van der Waals surface area contributed by atoms with Crippen LogP contribution in [0, 0.1) is 11.7 Å². The fourth-order valence-electron chi connectivity index (χ4n) is 4.53. The summed E-state index contributed by atoms with van der Waals surface area (Å²) in [5.41, 5.74) is 4.38. The molecular formula is C28H26FNO2. The van der Waals surface area contributed by atoms with Gasteiger partial charge in [0.15, 0.2) is 0 Å². The SMILES string of the molecule is CC(C)(c1ccccc1)c1ccc2oc(-c3ccc(CN4CC(C=O)C4)cc3F)cc2c1. The topological polar surface area (TPSA) is 33.5 Å². The molecule has 3 nitrogen and oxygen atoms in total. The molecule has 1 fully saturated rings. The number of carbonyl (C=O) groups excluding carboxylic acids is 1. The van der Waals surface area contributed by atoms with Crippen LogP contribution in [-0.4, -0.2) is 24.3 Å². The molecule has 1 aliphatic heterocycles. The zero-order valence-electron chi connectivity index (χ0n) is 18.3. The second-order valence-corrected chi connectivity index (χ2v) is 9.26. The van der Waals surface area contributed by atoms with Gasteiger partial charge in [-0.25, -0.2) is 4.39 Å². The number of hydrogen-bond donors (Lipinski definition) is 0. The summed E-state index contributed by atoms with van der Waals surface area (Å²) in [5, 5.41) is 0.963. The molecule has 4 heteroatoms. The van der Waals surface area contributed by atoms with Crippen molar-refractivity contribution in [2.75, 3.05) is 13.1 Å². The number of rotatable bonds is 6. The lowest BCUT2D eigenvalue weighted by atomic mass is 9.78. The average molecular weight is 428 g/mol. The van der Waals surface area contributed by atoms with Crippen LogP contribution in [-0.2, 0) is 16.8 Å². The van der Waals surface area contributed by atoms with Crippen molar-refractivity contribution >= 4 is 17.3 Å². The Morgan fingerprint density at radius 1 is 1.00 bits per heavy atom. The van der Waals surface area contributed by atoms with Crippen LogP contribution >= 0.6 is 0 Å². The summed E-state index contributed by atoms with van der Waals surface area (Å²) >= 11 is 0. The van der Waals surface area contributed by atoms with Crippen molar-refractivity contribution in [2.45, 2.75) is 25.8 Å². The average Bonchev–Trinajstić information content (AvgIpc) is 3.19. The maximum Gasteiger partial charge on any atom is 0.138 e. The minimum absolute atomic E-state index is 0.117. The van der Waals surface area contributed by atoms with Gasteiger partial charge in [-0.05, 0) is 47.0 Å². The molecule has 0 radical (unpaired) electrons. The van der Waals surface area contributed by atoms with E-state index in [-0.39, 0.29) is 17.2 Å². The minimum Gasteiger partial charge on any atom is -0.456 e. The number of fused-ring (bicyclic) bond motifs is 1. The van der Waals surface area contributed by atoms with Gasteiger partial charge in [-0.15, -0.1) is 0 Å². The predicted octanol–water partition coefficient (Wildman–Crippen LogP) is 6.20. The molecule has 0 aliphatic carbocycles. The Balaban J connectivity index is 1.41. The summed E-state index contributed by atoms with van der Waals surface area (Å²) in [4.78, 5) is 12.9. The lowest BCUT2D eigenvalue weighted by molar-refractivity contribution is -0.115. The Hall–Kier alpha value is -3.24. The molecule has 0 amide bonds. The molecular weight excluding hydrogens is 401 g/mol. The highest BCUT2D eigenvalue weighted by atomic mass is 19.1. The monoisotopic (exact) mass is 427 g/mol. The highest BCUT2D eigenvalue weighted by Crippen LogP contribution is 2.36. The van der Waals surface area contributed by atoms with Crippen LogP contribution in [0.5, 0.6) is 0 Å². The van der Waals surface area contributed by atoms with Gasteiger partial charge < -0.3 is 9.21 Å². The van der Waals surface area contributed by atoms with Gasteiger partial charge in [0.2, 0.25) is 0 Å². The van der Waals surface area contributed by atoms with E-state index >= 15 is 0 Å². The maximum absolute atomic E-state index is 14.9. The molecule has 0 atom stereocenters. The molecule has 2 heterocycles. The molecule has 4 aromatic rings. The summed E-state index contributed by atoms with van der Waals surface area (Å²) in [5.74, 6) is 0.356. The first-order chi connectivity index (χ1) is 15.4. The second kappa shape index (κ2) is 8.03. The number of benzene rings is 3. The number of aldehydes is 1. The molecule has 5 rings (SSSR count). The van der Waals surface area contributed by atoms with E-state index in [4.69, 9.17) is 4.42 Å². The zero-order valence-corrected chi connectivity index (χ0v) is 18.3. The third-order valence-corrected chi connectivity index (χ3v) is 6.62. The normalized spacial score (nSPS) is 15.1. The quantitative estimate of drug-likeness (QED) is 0.344. The second-order valence-electron chi connectivity index (χ2n) is 9.26. The van der Waals surface area contributed by atoms with E-state index in [1.165, 1.54) is 11.1 Å². The molecule has 32 heavy (non-hydrogen) atoms. The Bertz CT molecular complexity index is 1270. The van der Waals surface area contributed by atoms with Crippen LogP contribution in [0.15, 0.2) is 77.2 Å². The van der Waals surface area contributed by atoms with Crippen LogP contribution in [0.1, 0.15) is 30.5 Å². The van der Waals surface area contributed by atoms with Crippen molar-refractivity contribution in [1.29, 1.82) is 0 Å². The van der Waals surface area contributed by atoms with Crippen LogP contribution in [0.2, 0.25) is 0 Å². The number of halogens is 1. The number of nitrogens with zero attached hydrogens (tertiary/aromatic N) is 1. The van der Waals surface area contributed by atoms with Gasteiger partial charge in [0.05, 0.1) is 5.56 Å². The van der Waals surface area contributed by atoms with Crippen LogP contribution in [0.25, 0.3) is 22.3 Å². The van der Waals surface area contributed by atoms with E-state index in [0.717, 1.165) is 35.9 Å². The van der Waals surface area contributed by atoms with E-state index < -0.39 is 0 Å². The van der Waals surface area contributed by atoms with Crippen molar-refractivity contribution in [1.82, 2.24) is 4.90 Å². The summed E-state index contributed by atoms with van der Waals surface area (Å²) in [6, 6.07) is 23.8. The lowest BCUT2D eigenvalue weighted by Gasteiger charge is -2.36. The van der Waals surface area contributed by atoms with E-state index in [1.807, 2.05) is 24.3 Å². The van der Waals surface area contributed by atoms with Gasteiger partial charge in [0.25, 0.3) is 0 Å². The Morgan fingerprint density at radius 3 is 2.50 bits per heavy atom. The molecule has 0 unspecified atom stereocenters. The Morgan fingerprint density at radius 2 is 1.78 bits per heavy atom. The molecule has 0 bridgehead atoms. The molecule has 1 aliphatic rings. The first-order valence-corrected chi connectivity index (χ1v) is 11.0. The van der Waals surface area contributed by atoms with Gasteiger partial charge in [-0.2, -0.15) is 0 Å². The van der Waals surface area contributed by atoms with Crippen molar-refractivity contribution < 1.29 is 13.6 Å². The van der Waals surface area contributed by atoms with Crippen molar-refractivity contribution in [3.05, 3.63) is 95.3 Å². The third-order valence-electron chi connectivity index (χ3n) is 6.62. The third kappa shape index (κ3) is 3.76. The molecule has 0 saturated carbocycles. The Labute approximate surface area is 187 Å². The number of carbonyl (C=O) groups is 1. The zero-order chi connectivity index (χ0) is 22.3. The minimum atomic E-state index is -0.293. The van der Waals surface area contributed by atoms with Crippen LogP contribution in [0.4, 0.5) is 4.39 Å². The van der Waals surface area contributed by atoms with E-state index in [1.54, 1.807) is 12.1 Å². The van der Waals surface area contributed by atoms with Crippen LogP contribution < -0.4 is 0 Å². The van der Waals surface area contributed by atoms with Crippen molar-refractivity contribution in [3.8, 4) is 11.3 Å². The standard InChI is InChI=1S/C28H26FNO2/c1-28(2,22-6-4-3-5-7-22)23-9-11-26-21(13-23)14-27(32-26)24-10-8-19(12-25(24)29)15-30-16-20(17-30)18-31/h3-14,18,20H,15-17H2,1-2H3. The van der Waals surface area contributed by atoms with E-state index in [0.29, 0.717) is 17.9 Å². The van der Waals surface area contributed by atoms with Gasteiger partial charge >= 0.3 is 0 Å². The highest BCUT2D eigenvalue weighted by molar-refractivity contribution is 5.84. The summed E-state index contributed by atoms with van der Waals surface area (Å²) in [6.07, 6.45) is 0.994. The van der Waals surface area contributed by atoms with Gasteiger partial charge in [-0.3, -0.25) is 4.90 Å². The van der Waals surface area contributed by atoms with Crippen molar-refractivity contribution in [2.24, 2.45) is 5.92 Å². The van der Waals surface area contributed by atoms with Crippen molar-refractivity contribution in [3.63, 3.8) is 0 Å².